The van der Waals surface area contributed by atoms with Crippen molar-refractivity contribution in [3.63, 3.8) is 0 Å². The topological polar surface area (TPSA) is 75.2 Å². The molecule has 0 saturated carbocycles. The van der Waals surface area contributed by atoms with Gasteiger partial charge in [0.1, 0.15) is 12.2 Å². The average molecular weight is 475 g/mol. The highest BCUT2D eigenvalue weighted by Crippen LogP contribution is 2.27. The van der Waals surface area contributed by atoms with Gasteiger partial charge in [0.2, 0.25) is 11.8 Å². The summed E-state index contributed by atoms with van der Waals surface area (Å²) in [6.45, 7) is 4.19. The lowest BCUT2D eigenvalue weighted by atomic mass is 9.95. The first-order chi connectivity index (χ1) is 16.9. The molecule has 2 amide bonds. The van der Waals surface area contributed by atoms with Crippen LogP contribution >= 0.6 is 0 Å². The summed E-state index contributed by atoms with van der Waals surface area (Å²) >= 11 is 0. The predicted molar refractivity (Wildman–Crippen MR) is 132 cm³/mol. The summed E-state index contributed by atoms with van der Waals surface area (Å²) < 4.78 is 14.4. The number of aromatic nitrogens is 2. The summed E-state index contributed by atoms with van der Waals surface area (Å²) in [6.07, 6.45) is 4.05. The SMILES string of the molecule is CC(C)c1ccc([C@@H](NC(=O)[C@@H]2C[C@@H](F)CN2C(=O)CCc2cnccn2)c2ccccc2)cc1. The zero-order chi connectivity index (χ0) is 24.8. The lowest BCUT2D eigenvalue weighted by Crippen LogP contribution is -2.47. The van der Waals surface area contributed by atoms with Gasteiger partial charge in [-0.15, -0.1) is 0 Å². The number of nitrogens with one attached hydrogen (secondary N) is 1. The van der Waals surface area contributed by atoms with Gasteiger partial charge in [-0.2, -0.15) is 0 Å². The van der Waals surface area contributed by atoms with Crippen LogP contribution in [0.25, 0.3) is 0 Å². The Balaban J connectivity index is 1.51. The minimum atomic E-state index is -1.23. The lowest BCUT2D eigenvalue weighted by molar-refractivity contribution is -0.138. The molecule has 1 aliphatic heterocycles. The Morgan fingerprint density at radius 1 is 1.03 bits per heavy atom. The third-order valence-electron chi connectivity index (χ3n) is 6.44. The number of alkyl halides is 1. The largest absolute Gasteiger partial charge is 0.343 e. The molecule has 0 bridgehead atoms. The molecule has 2 aromatic carbocycles. The molecule has 0 radical (unpaired) electrons. The van der Waals surface area contributed by atoms with E-state index in [-0.39, 0.29) is 31.2 Å². The van der Waals surface area contributed by atoms with Crippen LogP contribution in [0.3, 0.4) is 0 Å². The highest BCUT2D eigenvalue weighted by Gasteiger charge is 2.40. The molecular weight excluding hydrogens is 443 g/mol. The number of aryl methyl sites for hydroxylation is 1. The van der Waals surface area contributed by atoms with Crippen molar-refractivity contribution in [1.82, 2.24) is 20.2 Å². The fourth-order valence-corrected chi connectivity index (χ4v) is 4.46. The zero-order valence-corrected chi connectivity index (χ0v) is 20.1. The van der Waals surface area contributed by atoms with Crippen molar-refractivity contribution in [2.75, 3.05) is 6.54 Å². The molecule has 0 spiro atoms. The molecule has 182 valence electrons. The zero-order valence-electron chi connectivity index (χ0n) is 20.1. The summed E-state index contributed by atoms with van der Waals surface area (Å²) in [4.78, 5) is 35.9. The van der Waals surface area contributed by atoms with Crippen molar-refractivity contribution in [3.05, 3.63) is 95.6 Å². The van der Waals surface area contributed by atoms with Gasteiger partial charge in [-0.25, -0.2) is 4.39 Å². The van der Waals surface area contributed by atoms with E-state index < -0.39 is 18.3 Å². The van der Waals surface area contributed by atoms with Crippen molar-refractivity contribution >= 4 is 11.8 Å². The van der Waals surface area contributed by atoms with E-state index in [1.165, 1.54) is 10.5 Å². The number of carbonyl (C=O) groups is 2. The van der Waals surface area contributed by atoms with Crippen molar-refractivity contribution in [3.8, 4) is 0 Å². The number of hydrogen-bond donors (Lipinski definition) is 1. The van der Waals surface area contributed by atoms with Gasteiger partial charge in [-0.05, 0) is 29.0 Å². The Bertz CT molecular complexity index is 1120. The smallest absolute Gasteiger partial charge is 0.243 e. The van der Waals surface area contributed by atoms with Crippen LogP contribution in [-0.4, -0.2) is 45.4 Å². The molecule has 7 heteroatoms. The number of likely N-dealkylation sites (tertiary alicyclic amines) is 1. The number of rotatable bonds is 8. The first kappa shape index (κ1) is 24.5. The maximum Gasteiger partial charge on any atom is 0.243 e. The second kappa shape index (κ2) is 11.2. The minimum Gasteiger partial charge on any atom is -0.343 e. The molecule has 35 heavy (non-hydrogen) atoms. The number of benzene rings is 2. The molecule has 4 rings (SSSR count). The normalized spacial score (nSPS) is 18.5. The second-order valence-electron chi connectivity index (χ2n) is 9.27. The molecule has 1 aliphatic rings. The van der Waals surface area contributed by atoms with Crippen LogP contribution < -0.4 is 5.32 Å². The van der Waals surface area contributed by atoms with Crippen molar-refractivity contribution in [1.29, 1.82) is 0 Å². The fourth-order valence-electron chi connectivity index (χ4n) is 4.46. The quantitative estimate of drug-likeness (QED) is 0.526. The molecule has 1 saturated heterocycles. The van der Waals surface area contributed by atoms with Gasteiger partial charge in [-0.3, -0.25) is 19.6 Å². The number of nitrogens with zero attached hydrogens (tertiary/aromatic N) is 3. The maximum atomic E-state index is 14.4. The Kier molecular flexibility index (Phi) is 7.85. The van der Waals surface area contributed by atoms with Crippen LogP contribution in [0.1, 0.15) is 61.0 Å². The van der Waals surface area contributed by atoms with E-state index in [0.717, 1.165) is 11.1 Å². The third-order valence-corrected chi connectivity index (χ3v) is 6.44. The lowest BCUT2D eigenvalue weighted by Gasteiger charge is -2.27. The van der Waals surface area contributed by atoms with E-state index in [1.807, 2.05) is 42.5 Å². The Labute approximate surface area is 205 Å². The molecule has 3 aromatic rings. The summed E-state index contributed by atoms with van der Waals surface area (Å²) in [6, 6.07) is 16.6. The predicted octanol–water partition coefficient (Wildman–Crippen LogP) is 4.38. The first-order valence-electron chi connectivity index (χ1n) is 12.1. The fraction of sp³-hybridized carbons (Fsp3) is 0.357. The van der Waals surface area contributed by atoms with Crippen LogP contribution in [0, 0.1) is 0 Å². The maximum absolute atomic E-state index is 14.4. The van der Waals surface area contributed by atoms with Gasteiger partial charge >= 0.3 is 0 Å². The van der Waals surface area contributed by atoms with Crippen molar-refractivity contribution in [2.45, 2.75) is 57.3 Å². The Morgan fingerprint density at radius 2 is 1.71 bits per heavy atom. The van der Waals surface area contributed by atoms with Crippen LogP contribution in [-0.2, 0) is 16.0 Å². The van der Waals surface area contributed by atoms with Crippen LogP contribution in [0.15, 0.2) is 73.2 Å². The molecule has 0 unspecified atom stereocenters. The minimum absolute atomic E-state index is 0.00346. The number of amides is 2. The van der Waals surface area contributed by atoms with Gasteiger partial charge in [0, 0.05) is 31.4 Å². The average Bonchev–Trinajstić information content (AvgIpc) is 3.29. The van der Waals surface area contributed by atoms with Gasteiger partial charge in [0.15, 0.2) is 0 Å². The van der Waals surface area contributed by atoms with Gasteiger partial charge < -0.3 is 10.2 Å². The molecule has 2 heterocycles. The molecule has 6 nitrogen and oxygen atoms in total. The summed E-state index contributed by atoms with van der Waals surface area (Å²) in [7, 11) is 0. The van der Waals surface area contributed by atoms with Gasteiger partial charge in [0.25, 0.3) is 0 Å². The molecule has 1 N–H and O–H groups in total. The van der Waals surface area contributed by atoms with E-state index in [0.29, 0.717) is 18.0 Å². The van der Waals surface area contributed by atoms with E-state index >= 15 is 0 Å². The van der Waals surface area contributed by atoms with Gasteiger partial charge in [0.05, 0.1) is 18.3 Å². The number of carbonyl (C=O) groups excluding carboxylic acids is 2. The van der Waals surface area contributed by atoms with E-state index in [1.54, 1.807) is 18.6 Å². The summed E-state index contributed by atoms with van der Waals surface area (Å²) in [5.74, 6) is -0.205. The second-order valence-corrected chi connectivity index (χ2v) is 9.27. The highest BCUT2D eigenvalue weighted by atomic mass is 19.1. The third kappa shape index (κ3) is 6.10. The monoisotopic (exact) mass is 474 g/mol. The molecule has 0 aliphatic carbocycles. The standard InChI is InChI=1S/C28H31FN4O2/c1-19(2)20-8-10-22(11-9-20)27(21-6-4-3-5-7-21)32-28(35)25-16-23(29)18-33(25)26(34)13-12-24-17-30-14-15-31-24/h3-11,14-15,17,19,23,25,27H,12-13,16,18H2,1-2H3,(H,32,35)/t23-,25+,27+/m1/s1. The molecular formula is C28H31FN4O2. The van der Waals surface area contributed by atoms with E-state index in [9.17, 15) is 14.0 Å². The van der Waals surface area contributed by atoms with E-state index in [4.69, 9.17) is 0 Å². The highest BCUT2D eigenvalue weighted by molar-refractivity contribution is 5.89. The van der Waals surface area contributed by atoms with E-state index in [2.05, 4.69) is 41.3 Å². The molecule has 3 atom stereocenters. The van der Waals surface area contributed by atoms with Crippen LogP contribution in [0.4, 0.5) is 4.39 Å². The van der Waals surface area contributed by atoms with Crippen LogP contribution in [0.5, 0.6) is 0 Å². The Morgan fingerprint density at radius 3 is 2.37 bits per heavy atom. The summed E-state index contributed by atoms with van der Waals surface area (Å²) in [5, 5.41) is 3.10. The first-order valence-corrected chi connectivity index (χ1v) is 12.1. The molecule has 1 fully saturated rings. The molecule has 1 aromatic heterocycles. The van der Waals surface area contributed by atoms with Crippen molar-refractivity contribution < 1.29 is 14.0 Å². The number of hydrogen-bond acceptors (Lipinski definition) is 4. The number of halogens is 1. The van der Waals surface area contributed by atoms with Gasteiger partial charge in [-0.1, -0.05) is 68.4 Å². The summed E-state index contributed by atoms with van der Waals surface area (Å²) in [5.41, 5.74) is 3.76. The Hall–Kier alpha value is -3.61. The van der Waals surface area contributed by atoms with Crippen LogP contribution in [0.2, 0.25) is 0 Å². The van der Waals surface area contributed by atoms with Crippen molar-refractivity contribution in [2.24, 2.45) is 0 Å².